The molecule has 1 atom stereocenters. The number of aryl methyl sites for hydroxylation is 1. The number of hydrogen-bond donors (Lipinski definition) is 1. The second kappa shape index (κ2) is 11.6. The predicted molar refractivity (Wildman–Crippen MR) is 117 cm³/mol. The molecule has 2 rings (SSSR count). The van der Waals surface area contributed by atoms with Gasteiger partial charge in [-0.25, -0.2) is 4.39 Å². The number of nitrogens with one attached hydrogen (secondary N) is 1. The zero-order valence-corrected chi connectivity index (χ0v) is 18.1. The largest absolute Gasteiger partial charge is 0.354 e. The van der Waals surface area contributed by atoms with Crippen LogP contribution in [0.1, 0.15) is 37.0 Å². The van der Waals surface area contributed by atoms with Crippen LogP contribution in [0.5, 0.6) is 0 Å². The standard InChI is InChI=1S/C23H29FN2O2S/c1-4-13-25-23(28)18(3)26(14-20-7-5-6-8-21(20)24)22(27)16-29-15-19-11-9-17(2)10-12-19/h5-12,18H,4,13-16H2,1-3H3,(H,25,28)/t18-/m1/s1. The van der Waals surface area contributed by atoms with Crippen LogP contribution in [-0.4, -0.2) is 35.1 Å². The van der Waals surface area contributed by atoms with Crippen molar-refractivity contribution in [2.24, 2.45) is 0 Å². The molecule has 0 aliphatic carbocycles. The molecule has 4 nitrogen and oxygen atoms in total. The average molecular weight is 417 g/mol. The monoisotopic (exact) mass is 416 g/mol. The predicted octanol–water partition coefficient (Wildman–Crippen LogP) is 4.31. The van der Waals surface area contributed by atoms with Crippen molar-refractivity contribution in [1.82, 2.24) is 10.2 Å². The van der Waals surface area contributed by atoms with Crippen molar-refractivity contribution in [2.45, 2.75) is 45.5 Å². The van der Waals surface area contributed by atoms with E-state index in [1.807, 2.05) is 38.1 Å². The zero-order chi connectivity index (χ0) is 21.2. The Hall–Kier alpha value is -2.34. The third kappa shape index (κ3) is 7.20. The van der Waals surface area contributed by atoms with Gasteiger partial charge in [-0.3, -0.25) is 9.59 Å². The topological polar surface area (TPSA) is 49.4 Å². The lowest BCUT2D eigenvalue weighted by molar-refractivity contribution is -0.138. The molecule has 0 saturated carbocycles. The summed E-state index contributed by atoms with van der Waals surface area (Å²) in [5, 5.41) is 2.82. The second-order valence-corrected chi connectivity index (χ2v) is 8.04. The average Bonchev–Trinajstić information content (AvgIpc) is 2.72. The van der Waals surface area contributed by atoms with Crippen LogP contribution in [-0.2, 0) is 21.9 Å². The minimum Gasteiger partial charge on any atom is -0.354 e. The maximum Gasteiger partial charge on any atom is 0.242 e. The Morgan fingerprint density at radius 3 is 2.48 bits per heavy atom. The first kappa shape index (κ1) is 22.9. The molecule has 0 bridgehead atoms. The normalized spacial score (nSPS) is 11.7. The highest BCUT2D eigenvalue weighted by molar-refractivity contribution is 7.99. The molecule has 1 N–H and O–H groups in total. The van der Waals surface area contributed by atoms with Gasteiger partial charge in [0.1, 0.15) is 11.9 Å². The quantitative estimate of drug-likeness (QED) is 0.628. The molecular formula is C23H29FN2O2S. The third-order valence-corrected chi connectivity index (χ3v) is 5.62. The van der Waals surface area contributed by atoms with Gasteiger partial charge in [0.25, 0.3) is 0 Å². The van der Waals surface area contributed by atoms with Crippen LogP contribution >= 0.6 is 11.8 Å². The molecule has 0 spiro atoms. The van der Waals surface area contributed by atoms with Crippen LogP contribution in [0, 0.1) is 12.7 Å². The number of halogens is 1. The van der Waals surface area contributed by atoms with E-state index in [-0.39, 0.29) is 29.9 Å². The Morgan fingerprint density at radius 1 is 1.14 bits per heavy atom. The van der Waals surface area contributed by atoms with Crippen molar-refractivity contribution in [1.29, 1.82) is 0 Å². The van der Waals surface area contributed by atoms with Gasteiger partial charge in [-0.2, -0.15) is 0 Å². The van der Waals surface area contributed by atoms with Gasteiger partial charge in [0.2, 0.25) is 11.8 Å². The van der Waals surface area contributed by atoms with Gasteiger partial charge in [0.15, 0.2) is 0 Å². The first-order valence-electron chi connectivity index (χ1n) is 9.86. The molecule has 0 aliphatic heterocycles. The smallest absolute Gasteiger partial charge is 0.242 e. The Morgan fingerprint density at radius 2 is 1.83 bits per heavy atom. The number of carbonyl (C=O) groups excluding carboxylic acids is 2. The van der Waals surface area contributed by atoms with E-state index in [9.17, 15) is 14.0 Å². The summed E-state index contributed by atoms with van der Waals surface area (Å²) in [6.07, 6.45) is 0.812. The van der Waals surface area contributed by atoms with Crippen molar-refractivity contribution in [3.63, 3.8) is 0 Å². The summed E-state index contributed by atoms with van der Waals surface area (Å²) in [5.74, 6) is 0.160. The molecule has 0 aromatic heterocycles. The maximum atomic E-state index is 14.1. The van der Waals surface area contributed by atoms with Crippen molar-refractivity contribution in [2.75, 3.05) is 12.3 Å². The Bertz CT molecular complexity index is 811. The minimum atomic E-state index is -0.673. The molecule has 6 heteroatoms. The van der Waals surface area contributed by atoms with E-state index in [1.165, 1.54) is 28.3 Å². The highest BCUT2D eigenvalue weighted by atomic mass is 32.2. The molecule has 0 heterocycles. The van der Waals surface area contributed by atoms with Crippen LogP contribution in [0.25, 0.3) is 0 Å². The SMILES string of the molecule is CCCNC(=O)[C@@H](C)N(Cc1ccccc1F)C(=O)CSCc1ccc(C)cc1. The zero-order valence-electron chi connectivity index (χ0n) is 17.3. The van der Waals surface area contributed by atoms with E-state index in [1.54, 1.807) is 25.1 Å². The summed E-state index contributed by atoms with van der Waals surface area (Å²) < 4.78 is 14.1. The highest BCUT2D eigenvalue weighted by Gasteiger charge is 2.26. The van der Waals surface area contributed by atoms with Gasteiger partial charge in [0.05, 0.1) is 5.75 Å². The van der Waals surface area contributed by atoms with Crippen molar-refractivity contribution in [3.8, 4) is 0 Å². The fourth-order valence-electron chi connectivity index (χ4n) is 2.81. The first-order chi connectivity index (χ1) is 13.9. The molecule has 156 valence electrons. The Labute approximate surface area is 176 Å². The minimum absolute atomic E-state index is 0.0668. The highest BCUT2D eigenvalue weighted by Crippen LogP contribution is 2.17. The van der Waals surface area contributed by atoms with E-state index in [4.69, 9.17) is 0 Å². The second-order valence-electron chi connectivity index (χ2n) is 7.06. The molecule has 0 unspecified atom stereocenters. The van der Waals surface area contributed by atoms with Crippen LogP contribution in [0.3, 0.4) is 0 Å². The van der Waals surface area contributed by atoms with Crippen LogP contribution in [0.2, 0.25) is 0 Å². The lowest BCUT2D eigenvalue weighted by Crippen LogP contribution is -2.48. The molecule has 0 saturated heterocycles. The number of amides is 2. The Balaban J connectivity index is 2.05. The van der Waals surface area contributed by atoms with E-state index in [0.717, 1.165) is 12.0 Å². The summed E-state index contributed by atoms with van der Waals surface area (Å²) in [6, 6.07) is 13.9. The fourth-order valence-corrected chi connectivity index (χ4v) is 3.68. The summed E-state index contributed by atoms with van der Waals surface area (Å²) >= 11 is 1.49. The van der Waals surface area contributed by atoms with Crippen molar-refractivity contribution < 1.29 is 14.0 Å². The molecular weight excluding hydrogens is 387 g/mol. The van der Waals surface area contributed by atoms with E-state index in [0.29, 0.717) is 17.9 Å². The van der Waals surface area contributed by atoms with E-state index in [2.05, 4.69) is 5.32 Å². The molecule has 2 aromatic carbocycles. The van der Waals surface area contributed by atoms with E-state index >= 15 is 0 Å². The maximum absolute atomic E-state index is 14.1. The lowest BCUT2D eigenvalue weighted by Gasteiger charge is -2.29. The number of benzene rings is 2. The summed E-state index contributed by atoms with van der Waals surface area (Å²) in [5.41, 5.74) is 2.74. The van der Waals surface area contributed by atoms with Crippen LogP contribution in [0.4, 0.5) is 4.39 Å². The number of thioether (sulfide) groups is 1. The summed E-state index contributed by atoms with van der Waals surface area (Å²) in [7, 11) is 0. The van der Waals surface area contributed by atoms with Gasteiger partial charge >= 0.3 is 0 Å². The first-order valence-corrected chi connectivity index (χ1v) is 11.0. The molecule has 0 aliphatic rings. The molecule has 2 aromatic rings. The van der Waals surface area contributed by atoms with Crippen molar-refractivity contribution in [3.05, 3.63) is 71.0 Å². The van der Waals surface area contributed by atoms with Crippen LogP contribution in [0.15, 0.2) is 48.5 Å². The number of rotatable bonds is 10. The van der Waals surface area contributed by atoms with Gasteiger partial charge in [-0.15, -0.1) is 11.8 Å². The number of carbonyl (C=O) groups is 2. The van der Waals surface area contributed by atoms with Crippen LogP contribution < -0.4 is 5.32 Å². The molecule has 0 radical (unpaired) electrons. The molecule has 2 amide bonds. The lowest BCUT2D eigenvalue weighted by atomic mass is 10.1. The number of hydrogen-bond acceptors (Lipinski definition) is 3. The van der Waals surface area contributed by atoms with Gasteiger partial charge < -0.3 is 10.2 Å². The van der Waals surface area contributed by atoms with Gasteiger partial charge in [-0.05, 0) is 31.9 Å². The Kier molecular flexibility index (Phi) is 9.19. The fraction of sp³-hybridized carbons (Fsp3) is 0.391. The number of nitrogens with zero attached hydrogens (tertiary/aromatic N) is 1. The van der Waals surface area contributed by atoms with E-state index < -0.39 is 6.04 Å². The van der Waals surface area contributed by atoms with Crippen molar-refractivity contribution >= 4 is 23.6 Å². The van der Waals surface area contributed by atoms with Gasteiger partial charge in [0, 0.05) is 24.4 Å². The molecule has 29 heavy (non-hydrogen) atoms. The summed E-state index contributed by atoms with van der Waals surface area (Å²) in [4.78, 5) is 26.8. The van der Waals surface area contributed by atoms with Gasteiger partial charge in [-0.1, -0.05) is 55.0 Å². The third-order valence-electron chi connectivity index (χ3n) is 4.63. The molecule has 0 fully saturated rings. The summed E-state index contributed by atoms with van der Waals surface area (Å²) in [6.45, 7) is 6.31.